The quantitative estimate of drug-likeness (QED) is 0.725. The summed E-state index contributed by atoms with van der Waals surface area (Å²) in [6.45, 7) is 1.34. The monoisotopic (exact) mass is 339 g/mol. The van der Waals surface area contributed by atoms with E-state index >= 15 is 0 Å². The molecule has 2 heterocycles. The van der Waals surface area contributed by atoms with E-state index in [0.29, 0.717) is 19.6 Å². The van der Waals surface area contributed by atoms with E-state index < -0.39 is 0 Å². The first-order chi connectivity index (χ1) is 12.2. The molecule has 0 bridgehead atoms. The van der Waals surface area contributed by atoms with Gasteiger partial charge in [0, 0.05) is 25.5 Å². The average Bonchev–Trinajstić information content (AvgIpc) is 3.11. The van der Waals surface area contributed by atoms with E-state index in [0.717, 1.165) is 17.0 Å². The predicted molar refractivity (Wildman–Crippen MR) is 92.1 cm³/mol. The number of pyridine rings is 1. The van der Waals surface area contributed by atoms with Crippen molar-refractivity contribution in [1.29, 1.82) is 0 Å². The molecule has 3 rings (SSSR count). The third-order valence-electron chi connectivity index (χ3n) is 3.56. The number of hydrogen-bond donors (Lipinski definition) is 2. The Morgan fingerprint density at radius 2 is 1.88 bits per heavy atom. The van der Waals surface area contributed by atoms with Gasteiger partial charge in [0.05, 0.1) is 12.2 Å². The number of amides is 2. The predicted octanol–water partition coefficient (Wildman–Crippen LogP) is 2.58. The van der Waals surface area contributed by atoms with Crippen molar-refractivity contribution < 1.29 is 9.18 Å². The molecule has 0 fully saturated rings. The lowest BCUT2D eigenvalue weighted by atomic mass is 10.2. The first-order valence-corrected chi connectivity index (χ1v) is 7.92. The molecule has 2 N–H and O–H groups in total. The van der Waals surface area contributed by atoms with Crippen LogP contribution in [0, 0.1) is 5.82 Å². The zero-order valence-corrected chi connectivity index (χ0v) is 13.5. The van der Waals surface area contributed by atoms with Crippen molar-refractivity contribution in [2.75, 3.05) is 6.54 Å². The maximum absolute atomic E-state index is 12.8. The Morgan fingerprint density at radius 1 is 1.04 bits per heavy atom. The molecule has 0 unspecified atom stereocenters. The minimum atomic E-state index is -0.294. The van der Waals surface area contributed by atoms with E-state index in [-0.39, 0.29) is 11.8 Å². The summed E-state index contributed by atoms with van der Waals surface area (Å²) in [6, 6.07) is 13.3. The van der Waals surface area contributed by atoms with Crippen LogP contribution in [0.25, 0.3) is 11.4 Å². The van der Waals surface area contributed by atoms with Gasteiger partial charge in [0.15, 0.2) is 0 Å². The van der Waals surface area contributed by atoms with Crippen LogP contribution in [0.4, 0.5) is 9.18 Å². The third kappa shape index (κ3) is 4.87. The van der Waals surface area contributed by atoms with Crippen LogP contribution in [0.15, 0.2) is 60.9 Å². The van der Waals surface area contributed by atoms with Crippen molar-refractivity contribution >= 4 is 6.03 Å². The molecule has 2 amide bonds. The molecule has 0 aliphatic heterocycles. The second-order valence-electron chi connectivity index (χ2n) is 5.41. The summed E-state index contributed by atoms with van der Waals surface area (Å²) >= 11 is 0. The molecular formula is C18H18FN5O. The highest BCUT2D eigenvalue weighted by molar-refractivity contribution is 5.73. The van der Waals surface area contributed by atoms with Gasteiger partial charge in [-0.1, -0.05) is 18.2 Å². The molecule has 3 aromatic rings. The van der Waals surface area contributed by atoms with Gasteiger partial charge in [-0.3, -0.25) is 9.67 Å². The normalized spacial score (nSPS) is 10.4. The van der Waals surface area contributed by atoms with Gasteiger partial charge >= 0.3 is 6.03 Å². The number of urea groups is 1. The fraction of sp³-hybridized carbons (Fsp3) is 0.167. The number of halogens is 1. The Balaban J connectivity index is 1.41. The highest BCUT2D eigenvalue weighted by atomic mass is 19.1. The van der Waals surface area contributed by atoms with E-state index in [1.807, 2.05) is 30.5 Å². The Morgan fingerprint density at radius 3 is 2.64 bits per heavy atom. The van der Waals surface area contributed by atoms with Crippen molar-refractivity contribution in [3.05, 3.63) is 72.3 Å². The molecule has 7 heteroatoms. The summed E-state index contributed by atoms with van der Waals surface area (Å²) in [5, 5.41) is 9.91. The van der Waals surface area contributed by atoms with Gasteiger partial charge in [-0.25, -0.2) is 9.18 Å². The molecule has 0 aliphatic carbocycles. The van der Waals surface area contributed by atoms with E-state index in [9.17, 15) is 9.18 Å². The second-order valence-corrected chi connectivity index (χ2v) is 5.41. The highest BCUT2D eigenvalue weighted by Gasteiger charge is 2.04. The van der Waals surface area contributed by atoms with Gasteiger partial charge in [-0.15, -0.1) is 0 Å². The lowest BCUT2D eigenvalue weighted by Gasteiger charge is -2.08. The summed E-state index contributed by atoms with van der Waals surface area (Å²) in [5.41, 5.74) is 2.44. The van der Waals surface area contributed by atoms with Gasteiger partial charge < -0.3 is 10.6 Å². The average molecular weight is 339 g/mol. The van der Waals surface area contributed by atoms with Crippen LogP contribution in [0.3, 0.4) is 0 Å². The third-order valence-corrected chi connectivity index (χ3v) is 3.56. The molecule has 0 saturated carbocycles. The molecule has 0 spiro atoms. The molecule has 128 valence electrons. The van der Waals surface area contributed by atoms with E-state index in [1.165, 1.54) is 12.1 Å². The molecule has 0 aliphatic rings. The number of hydrogen-bond acceptors (Lipinski definition) is 3. The van der Waals surface area contributed by atoms with Gasteiger partial charge in [-0.05, 0) is 35.9 Å². The summed E-state index contributed by atoms with van der Waals surface area (Å²) in [4.78, 5) is 16.0. The van der Waals surface area contributed by atoms with Crippen LogP contribution in [-0.2, 0) is 13.1 Å². The molecule has 0 atom stereocenters. The fourth-order valence-electron chi connectivity index (χ4n) is 2.27. The highest BCUT2D eigenvalue weighted by Crippen LogP contribution is 2.12. The molecule has 1 aromatic carbocycles. The first kappa shape index (κ1) is 16.6. The molecule has 6 nitrogen and oxygen atoms in total. The number of rotatable bonds is 6. The zero-order chi connectivity index (χ0) is 17.5. The van der Waals surface area contributed by atoms with Crippen molar-refractivity contribution in [2.24, 2.45) is 0 Å². The number of aromatic nitrogens is 3. The van der Waals surface area contributed by atoms with Gasteiger partial charge in [0.1, 0.15) is 11.5 Å². The number of benzene rings is 1. The molecule has 25 heavy (non-hydrogen) atoms. The van der Waals surface area contributed by atoms with Gasteiger partial charge in [0.25, 0.3) is 0 Å². The van der Waals surface area contributed by atoms with Crippen LogP contribution in [0.2, 0.25) is 0 Å². The smallest absolute Gasteiger partial charge is 0.315 e. The minimum absolute atomic E-state index is 0.276. The Bertz CT molecular complexity index is 817. The SMILES string of the molecule is O=C(NCCn1ccc(-c2ccccn2)n1)NCc1ccc(F)cc1. The van der Waals surface area contributed by atoms with E-state index in [2.05, 4.69) is 20.7 Å². The maximum Gasteiger partial charge on any atom is 0.315 e. The van der Waals surface area contributed by atoms with Gasteiger partial charge in [0.2, 0.25) is 0 Å². The minimum Gasteiger partial charge on any atom is -0.336 e. The van der Waals surface area contributed by atoms with E-state index in [4.69, 9.17) is 0 Å². The van der Waals surface area contributed by atoms with Crippen molar-refractivity contribution in [2.45, 2.75) is 13.1 Å². The zero-order valence-electron chi connectivity index (χ0n) is 13.5. The molecule has 0 saturated heterocycles. The number of carbonyl (C=O) groups excluding carboxylic acids is 1. The van der Waals surface area contributed by atoms with E-state index in [1.54, 1.807) is 23.0 Å². The molecular weight excluding hydrogens is 321 g/mol. The van der Waals surface area contributed by atoms with Crippen LogP contribution in [0.1, 0.15) is 5.56 Å². The number of carbonyl (C=O) groups is 1. The molecule has 0 radical (unpaired) electrons. The van der Waals surface area contributed by atoms with Crippen LogP contribution in [0.5, 0.6) is 0 Å². The largest absolute Gasteiger partial charge is 0.336 e. The summed E-state index contributed by atoms with van der Waals surface area (Å²) in [5.74, 6) is -0.294. The molecule has 2 aromatic heterocycles. The van der Waals surface area contributed by atoms with Crippen LogP contribution < -0.4 is 10.6 Å². The standard InChI is InChI=1S/C18H18FN5O/c19-15-6-4-14(5-7-15)13-22-18(25)21-10-12-24-11-8-17(23-24)16-3-1-2-9-20-16/h1-9,11H,10,12-13H2,(H2,21,22,25). The number of nitrogens with zero attached hydrogens (tertiary/aromatic N) is 3. The van der Waals surface area contributed by atoms with Crippen molar-refractivity contribution in [3.63, 3.8) is 0 Å². The lowest BCUT2D eigenvalue weighted by molar-refractivity contribution is 0.240. The van der Waals surface area contributed by atoms with Gasteiger partial charge in [-0.2, -0.15) is 5.10 Å². The Kier molecular flexibility index (Phi) is 5.36. The Labute approximate surface area is 144 Å². The second kappa shape index (κ2) is 8.05. The summed E-state index contributed by atoms with van der Waals surface area (Å²) in [7, 11) is 0. The van der Waals surface area contributed by atoms with Crippen molar-refractivity contribution in [1.82, 2.24) is 25.4 Å². The fourth-order valence-corrected chi connectivity index (χ4v) is 2.27. The topological polar surface area (TPSA) is 71.8 Å². The number of nitrogens with one attached hydrogen (secondary N) is 2. The van der Waals surface area contributed by atoms with Crippen molar-refractivity contribution in [3.8, 4) is 11.4 Å². The Hall–Kier alpha value is -3.22. The van der Waals surface area contributed by atoms with Crippen LogP contribution >= 0.6 is 0 Å². The first-order valence-electron chi connectivity index (χ1n) is 7.92. The summed E-state index contributed by atoms with van der Waals surface area (Å²) < 4.78 is 14.6. The van der Waals surface area contributed by atoms with Crippen LogP contribution in [-0.4, -0.2) is 27.3 Å². The summed E-state index contributed by atoms with van der Waals surface area (Å²) in [6.07, 6.45) is 3.57. The maximum atomic E-state index is 12.8. The lowest BCUT2D eigenvalue weighted by Crippen LogP contribution is -2.36.